The van der Waals surface area contributed by atoms with E-state index >= 15 is 0 Å². The molecule has 0 saturated carbocycles. The molecule has 0 fully saturated rings. The molecule has 0 heterocycles. The van der Waals surface area contributed by atoms with Crippen molar-refractivity contribution in [1.82, 2.24) is 0 Å². The number of rotatable bonds is 0. The topological polar surface area (TPSA) is 0 Å². The lowest BCUT2D eigenvalue weighted by Crippen LogP contribution is -1.41. The van der Waals surface area contributed by atoms with Gasteiger partial charge in [0.2, 0.25) is 0 Å². The lowest BCUT2D eigenvalue weighted by molar-refractivity contribution is 5.95. The highest BCUT2D eigenvalue weighted by Gasteiger charge is 1.48. The fraction of sp³-hybridized carbons (Fsp3) is 0. The van der Waals surface area contributed by atoms with E-state index in [-0.39, 0.29) is 0 Å². The van der Waals surface area contributed by atoms with Crippen molar-refractivity contribution in [3.8, 4) is 0 Å². The molecule has 0 unspecified atom stereocenters. The van der Waals surface area contributed by atoms with Gasteiger partial charge in [-0.15, -0.1) is 0 Å². The van der Waals surface area contributed by atoms with Crippen molar-refractivity contribution in [3.05, 3.63) is 0 Å². The van der Waals surface area contributed by atoms with E-state index in [0.29, 0.717) is 0 Å². The molecular formula is S77. The van der Waals surface area contributed by atoms with E-state index in [4.69, 9.17) is 22.4 Å². The zero-order valence-corrected chi connectivity index (χ0v) is 94.3. The second kappa shape index (κ2) is 92.9. The summed E-state index contributed by atoms with van der Waals surface area (Å²) in [6.07, 6.45) is 0. The van der Waals surface area contributed by atoms with Crippen LogP contribution in [0.3, 0.4) is 0 Å². The predicted molar refractivity (Wildman–Crippen MR) is 567 cm³/mol. The standard InChI is InChI=1S/S77/c1-3-5-7-9-11-13-15-17-19-21-23-25-27-29-31-33-35-37-39-41-43-45-47-49-51-53-55-57-59-61-63-65-67-69-71-73-75-77-76-74-72-70-68-66-64-62-60-58-56-54-52-50-48-46-44-42-40-38-36-34-32-30-28-26-24-22-20-18-16-14-12-10-8-6-4-2. The zero-order valence-electron chi connectivity index (χ0n) is 31.4. The molecule has 0 aromatic carbocycles. The maximum absolute atomic E-state index is 4.83. The molecule has 0 nitrogen and oxygen atoms in total. The molecule has 0 aromatic rings. The molecule has 0 radical (unpaired) electrons. The Morgan fingerprint density at radius 3 is 0.143 bits per heavy atom. The maximum Gasteiger partial charge on any atom is 0 e. The van der Waals surface area contributed by atoms with Crippen LogP contribution in [-0.2, 0) is 688 Å². The fourth-order valence-corrected chi connectivity index (χ4v) is 201. The molecule has 0 aliphatic carbocycles. The van der Waals surface area contributed by atoms with Gasteiger partial charge in [-0.25, -0.2) is 0 Å². The summed E-state index contributed by atoms with van der Waals surface area (Å²) in [5.74, 6) is 0. The Hall–Kier alpha value is 16.9. The van der Waals surface area contributed by atoms with Crippen LogP contribution in [0.5, 0.6) is 0 Å². The van der Waals surface area contributed by atoms with Crippen molar-refractivity contribution in [3.63, 3.8) is 0 Å². The summed E-state index contributed by atoms with van der Waals surface area (Å²) in [4.78, 5) is 0. The first-order chi connectivity index (χ1) is 38.4. The van der Waals surface area contributed by atoms with E-state index in [1.165, 1.54) is 17.8 Å². The van der Waals surface area contributed by atoms with Gasteiger partial charge in [0.15, 0.2) is 0 Å². The summed E-state index contributed by atoms with van der Waals surface area (Å²) in [7, 11) is 135. The lowest BCUT2D eigenvalue weighted by Gasteiger charge is -1.41. The van der Waals surface area contributed by atoms with Crippen molar-refractivity contribution >= 4 is 688 Å². The molecule has 0 saturated heterocycles. The maximum atomic E-state index is 4.83. The van der Waals surface area contributed by atoms with Gasteiger partial charge in [0.05, 0.1) is 0 Å². The van der Waals surface area contributed by atoms with E-state index in [1.54, 1.807) is 107 Å². The number of hydrogen-bond donors (Lipinski definition) is 0. The van der Waals surface area contributed by atoms with Gasteiger partial charge in [-0.2, -0.15) is 0 Å². The molecule has 0 atom stereocenters. The summed E-state index contributed by atoms with van der Waals surface area (Å²) in [6.45, 7) is 0. The zero-order chi connectivity index (χ0) is 55.0. The van der Waals surface area contributed by atoms with Crippen LogP contribution >= 0.6 is 0 Å². The fourth-order valence-electron chi connectivity index (χ4n) is 0.828. The Balaban J connectivity index is 6.15. The highest BCUT2D eigenvalue weighted by molar-refractivity contribution is 8.85. The largest absolute Gasteiger partial charge is 0 e. The van der Waals surface area contributed by atoms with Crippen LogP contribution in [0.2, 0.25) is 0 Å². The first-order valence-corrected chi connectivity index (χ1v) is 114. The van der Waals surface area contributed by atoms with Gasteiger partial charge in [0.1, 0.15) is 0 Å². The molecule has 0 aromatic heterocycles. The van der Waals surface area contributed by atoms with Gasteiger partial charge >= 0.3 is 0 Å². The minimum Gasteiger partial charge on any atom is 0 e. The van der Waals surface area contributed by atoms with Crippen LogP contribution < -0.4 is 0 Å². The Bertz CT molecular complexity index is 5460. The summed E-state index contributed by atoms with van der Waals surface area (Å²) in [5, 5.41) is 0. The third-order valence-electron chi connectivity index (χ3n) is 2.06. The predicted octanol–water partition coefficient (Wildman–Crippen LogP) is -0.185. The third-order valence-corrected chi connectivity index (χ3v) is 166. The quantitative estimate of drug-likeness (QED) is 0.331. The minimum absolute atomic E-state index is 1.37. The molecule has 0 bridgehead atoms. The Morgan fingerprint density at radius 1 is 0.0649 bits per heavy atom. The van der Waals surface area contributed by atoms with Crippen LogP contribution in [0.1, 0.15) is 0 Å². The number of hydrogen-bond acceptors (Lipinski definition) is 2. The van der Waals surface area contributed by atoms with Gasteiger partial charge in [-0.1, -0.05) is 0 Å². The molecule has 77 heteroatoms. The molecule has 0 N–H and O–H groups in total. The van der Waals surface area contributed by atoms with Gasteiger partial charge in [-0.05, 0) is 0 Å². The van der Waals surface area contributed by atoms with Gasteiger partial charge in [-0.3, -0.25) is 0 Å². The second-order valence-corrected chi connectivity index (χ2v) is 138. The van der Waals surface area contributed by atoms with Crippen molar-refractivity contribution in [1.29, 1.82) is 0 Å². The molecule has 462 valence electrons. The highest BCUT2D eigenvalue weighted by Crippen LogP contribution is 1.48. The average molecular weight is 2470 g/mol. The molecular weight excluding hydrogens is 2470 g/mol. The first kappa shape index (κ1) is 93.9. The Kier molecular flexibility index (Phi) is 113. The summed E-state index contributed by atoms with van der Waals surface area (Å²) < 4.78 is 0. The summed E-state index contributed by atoms with van der Waals surface area (Å²) in [5.41, 5.74) is 0. The molecule has 0 aliphatic heterocycles. The lowest BCUT2D eigenvalue weighted by atomic mass is 30.7. The van der Waals surface area contributed by atoms with Gasteiger partial charge in [0, 0.05) is 688 Å². The van der Waals surface area contributed by atoms with Crippen molar-refractivity contribution in [2.45, 2.75) is 0 Å². The van der Waals surface area contributed by atoms with E-state index < -0.39 is 0 Å². The summed E-state index contributed by atoms with van der Waals surface area (Å²) in [6, 6.07) is 0. The van der Waals surface area contributed by atoms with Crippen molar-refractivity contribution < 1.29 is 0 Å². The van der Waals surface area contributed by atoms with Gasteiger partial charge < -0.3 is 0 Å². The van der Waals surface area contributed by atoms with Crippen LogP contribution in [-0.4, -0.2) is 0 Å². The molecule has 0 spiro atoms. The van der Waals surface area contributed by atoms with E-state index in [9.17, 15) is 0 Å². The van der Waals surface area contributed by atoms with Crippen LogP contribution in [0.15, 0.2) is 0 Å². The molecule has 77 heavy (non-hydrogen) atoms. The minimum atomic E-state index is 1.37. The molecule has 0 amide bonds. The van der Waals surface area contributed by atoms with Crippen LogP contribution in [0, 0.1) is 0 Å². The Morgan fingerprint density at radius 2 is 0.104 bits per heavy atom. The molecule has 0 aliphatic rings. The van der Waals surface area contributed by atoms with Crippen molar-refractivity contribution in [2.75, 3.05) is 0 Å². The van der Waals surface area contributed by atoms with Crippen LogP contribution in [0.25, 0.3) is 0 Å². The van der Waals surface area contributed by atoms with E-state index in [1.807, 2.05) is 542 Å². The van der Waals surface area contributed by atoms with E-state index in [2.05, 4.69) is 0 Å². The average Bonchev–Trinajstić information content (AvgIpc) is 3.44. The first-order valence-electron chi connectivity index (χ1n) is 12.7. The van der Waals surface area contributed by atoms with Crippen LogP contribution in [0.4, 0.5) is 0 Å². The Labute approximate surface area is 666 Å². The second-order valence-electron chi connectivity index (χ2n) is 5.10. The van der Waals surface area contributed by atoms with E-state index in [0.717, 1.165) is 0 Å². The summed E-state index contributed by atoms with van der Waals surface area (Å²) >= 11 is 9.65. The monoisotopic (exact) mass is 2460 g/mol. The smallest absolute Gasteiger partial charge is 0 e. The normalized spacial score (nSPS) is 7.84. The SMILES string of the molecule is S=S=S=S=S=S=S=S=S=S=S=S=S=S=S=S=S=S=S=S=S=S=S=S=S=S=S=S=S=S=S=S=S=S=S=S=S=S=S=S=S=S=S=S=S=S=S=S=S=S=S=S=S=S=S=S=S=S=S=S=S=S=S=S=S=S=S=S=S=S=S=S=S=S=S=S=S. The molecule has 0 rings (SSSR count). The van der Waals surface area contributed by atoms with Crippen molar-refractivity contribution in [2.24, 2.45) is 0 Å². The van der Waals surface area contributed by atoms with Gasteiger partial charge in [0.25, 0.3) is 0 Å². The highest BCUT2D eigenvalue weighted by atomic mass is 33.5. The third kappa shape index (κ3) is 92.9.